The molecule has 3 aromatic rings. The van der Waals surface area contributed by atoms with Gasteiger partial charge in [-0.25, -0.2) is 4.98 Å². The average molecular weight is 367 g/mol. The molecule has 0 aliphatic rings. The van der Waals surface area contributed by atoms with Crippen molar-refractivity contribution in [2.75, 3.05) is 12.4 Å². The zero-order chi connectivity index (χ0) is 18.5. The molecule has 0 saturated carbocycles. The number of para-hydroxylation sites is 1. The van der Waals surface area contributed by atoms with E-state index in [1.54, 1.807) is 35.9 Å². The van der Waals surface area contributed by atoms with Gasteiger partial charge in [-0.2, -0.15) is 5.26 Å². The highest BCUT2D eigenvalue weighted by Crippen LogP contribution is 2.21. The number of halogens is 1. The second-order valence-corrected chi connectivity index (χ2v) is 5.89. The molecule has 0 aliphatic heterocycles. The van der Waals surface area contributed by atoms with Gasteiger partial charge in [0.1, 0.15) is 11.8 Å². The van der Waals surface area contributed by atoms with E-state index in [1.165, 1.54) is 6.33 Å². The maximum absolute atomic E-state index is 12.4. The Hall–Kier alpha value is -3.30. The van der Waals surface area contributed by atoms with E-state index in [2.05, 4.69) is 16.4 Å². The van der Waals surface area contributed by atoms with Gasteiger partial charge in [0.2, 0.25) is 0 Å². The van der Waals surface area contributed by atoms with Crippen molar-refractivity contribution in [3.8, 4) is 11.8 Å². The van der Waals surface area contributed by atoms with Crippen molar-refractivity contribution in [1.82, 2.24) is 9.55 Å². The van der Waals surface area contributed by atoms with Gasteiger partial charge in [-0.3, -0.25) is 4.79 Å². The molecule has 26 heavy (non-hydrogen) atoms. The van der Waals surface area contributed by atoms with Crippen LogP contribution < -0.4 is 10.1 Å². The van der Waals surface area contributed by atoms with Crippen LogP contribution in [0.15, 0.2) is 54.9 Å². The summed E-state index contributed by atoms with van der Waals surface area (Å²) in [7, 11) is 1.59. The summed E-state index contributed by atoms with van der Waals surface area (Å²) in [6.07, 6.45) is 1.51. The molecule has 3 rings (SSSR count). The van der Waals surface area contributed by atoms with Crippen molar-refractivity contribution in [3.05, 3.63) is 76.7 Å². The van der Waals surface area contributed by atoms with Crippen LogP contribution in [-0.4, -0.2) is 22.6 Å². The van der Waals surface area contributed by atoms with E-state index < -0.39 is 0 Å². The molecular weight excluding hydrogens is 352 g/mol. The van der Waals surface area contributed by atoms with Gasteiger partial charge in [0.05, 0.1) is 20.0 Å². The van der Waals surface area contributed by atoms with Crippen LogP contribution in [0.25, 0.3) is 0 Å². The summed E-state index contributed by atoms with van der Waals surface area (Å²) < 4.78 is 6.99. The number of ether oxygens (including phenoxy) is 1. The number of carbonyl (C=O) groups excluding carboxylic acids is 1. The van der Waals surface area contributed by atoms with Crippen LogP contribution in [0.3, 0.4) is 0 Å². The molecule has 0 saturated heterocycles. The van der Waals surface area contributed by atoms with Gasteiger partial charge < -0.3 is 14.6 Å². The molecule has 6 nitrogen and oxygen atoms in total. The van der Waals surface area contributed by atoms with Gasteiger partial charge in [0, 0.05) is 16.1 Å². The molecule has 0 unspecified atom stereocenters. The maximum atomic E-state index is 12.4. The van der Waals surface area contributed by atoms with Crippen molar-refractivity contribution < 1.29 is 9.53 Å². The van der Waals surface area contributed by atoms with E-state index in [1.807, 2.05) is 24.3 Å². The monoisotopic (exact) mass is 366 g/mol. The zero-order valence-electron chi connectivity index (χ0n) is 13.9. The number of nitrogens with zero attached hydrogens (tertiary/aromatic N) is 3. The predicted molar refractivity (Wildman–Crippen MR) is 98.4 cm³/mol. The van der Waals surface area contributed by atoms with E-state index in [-0.39, 0.29) is 17.4 Å². The lowest BCUT2D eigenvalue weighted by molar-refractivity contribution is 0.102. The molecule has 7 heteroatoms. The molecule has 0 bridgehead atoms. The number of anilines is 1. The highest BCUT2D eigenvalue weighted by atomic mass is 35.5. The Bertz CT molecular complexity index is 991. The fourth-order valence-electron chi connectivity index (χ4n) is 2.54. The third-order valence-corrected chi connectivity index (χ3v) is 4.03. The van der Waals surface area contributed by atoms with Gasteiger partial charge in [-0.15, -0.1) is 0 Å². The first-order chi connectivity index (χ1) is 12.6. The smallest absolute Gasteiger partial charge is 0.256 e. The number of methoxy groups -OCH3 is 1. The number of rotatable bonds is 5. The van der Waals surface area contributed by atoms with Crippen molar-refractivity contribution in [2.45, 2.75) is 6.54 Å². The molecule has 0 spiro atoms. The summed E-state index contributed by atoms with van der Waals surface area (Å²) >= 11 is 5.91. The lowest BCUT2D eigenvalue weighted by Gasteiger charge is -2.09. The molecule has 1 aromatic heterocycles. The molecule has 1 heterocycles. The number of nitrogens with one attached hydrogen (secondary N) is 1. The molecular formula is C19H15ClN4O2. The Labute approximate surface area is 155 Å². The van der Waals surface area contributed by atoms with E-state index >= 15 is 0 Å². The topological polar surface area (TPSA) is 79.9 Å². The van der Waals surface area contributed by atoms with Gasteiger partial charge >= 0.3 is 0 Å². The summed E-state index contributed by atoms with van der Waals surface area (Å²) in [5, 5.41) is 12.6. The summed E-state index contributed by atoms with van der Waals surface area (Å²) in [4.78, 5) is 16.5. The second kappa shape index (κ2) is 7.72. The third-order valence-electron chi connectivity index (χ3n) is 3.80. The number of nitriles is 1. The standard InChI is InChI=1S/C19H15ClN4O2/c1-26-17-8-3-2-5-14(17)11-24-12-22-18(16(24)10-21)23-19(25)13-6-4-7-15(20)9-13/h2-9,12H,11H2,1H3,(H,23,25). The van der Waals surface area contributed by atoms with Crippen LogP contribution >= 0.6 is 11.6 Å². The fourth-order valence-corrected chi connectivity index (χ4v) is 2.73. The SMILES string of the molecule is COc1ccccc1Cn1cnc(NC(=O)c2cccc(Cl)c2)c1C#N. The minimum absolute atomic E-state index is 0.201. The number of amides is 1. The maximum Gasteiger partial charge on any atom is 0.256 e. The van der Waals surface area contributed by atoms with Gasteiger partial charge in [-0.05, 0) is 24.3 Å². The number of hydrogen-bond donors (Lipinski definition) is 1. The number of carbonyl (C=O) groups is 1. The summed E-state index contributed by atoms with van der Waals surface area (Å²) in [6, 6.07) is 16.2. The Morgan fingerprint density at radius 2 is 2.12 bits per heavy atom. The minimum Gasteiger partial charge on any atom is -0.496 e. The van der Waals surface area contributed by atoms with E-state index in [0.29, 0.717) is 17.1 Å². The molecule has 1 amide bonds. The Morgan fingerprint density at radius 1 is 1.31 bits per heavy atom. The number of hydrogen-bond acceptors (Lipinski definition) is 4. The number of aromatic nitrogens is 2. The summed E-state index contributed by atoms with van der Waals surface area (Å²) in [6.45, 7) is 0.396. The molecule has 1 N–H and O–H groups in total. The fraction of sp³-hybridized carbons (Fsp3) is 0.105. The van der Waals surface area contributed by atoms with Crippen molar-refractivity contribution in [3.63, 3.8) is 0 Å². The van der Waals surface area contributed by atoms with Gasteiger partial charge in [0.15, 0.2) is 11.5 Å². The highest BCUT2D eigenvalue weighted by molar-refractivity contribution is 6.31. The first kappa shape index (κ1) is 17.5. The van der Waals surface area contributed by atoms with Crippen molar-refractivity contribution in [2.24, 2.45) is 0 Å². The number of imidazole rings is 1. The summed E-state index contributed by atoms with van der Waals surface area (Å²) in [5.74, 6) is 0.536. The quantitative estimate of drug-likeness (QED) is 0.746. The average Bonchev–Trinajstić information content (AvgIpc) is 3.03. The highest BCUT2D eigenvalue weighted by Gasteiger charge is 2.16. The minimum atomic E-state index is -0.383. The predicted octanol–water partition coefficient (Wildman–Crippen LogP) is 3.72. The van der Waals surface area contributed by atoms with Crippen molar-refractivity contribution >= 4 is 23.3 Å². The molecule has 130 valence electrons. The Morgan fingerprint density at radius 3 is 2.85 bits per heavy atom. The van der Waals surface area contributed by atoms with Crippen LogP contribution in [0.1, 0.15) is 21.6 Å². The normalized spacial score (nSPS) is 10.2. The van der Waals surface area contributed by atoms with Crippen LogP contribution in [-0.2, 0) is 6.54 Å². The second-order valence-electron chi connectivity index (χ2n) is 5.46. The van der Waals surface area contributed by atoms with Crippen LogP contribution in [0.4, 0.5) is 5.82 Å². The lowest BCUT2D eigenvalue weighted by Crippen LogP contribution is -2.13. The molecule has 0 atom stereocenters. The third kappa shape index (κ3) is 3.68. The molecule has 0 radical (unpaired) electrons. The summed E-state index contributed by atoms with van der Waals surface area (Å²) in [5.41, 5.74) is 1.54. The van der Waals surface area contributed by atoms with E-state index in [0.717, 1.165) is 11.3 Å². The van der Waals surface area contributed by atoms with E-state index in [4.69, 9.17) is 16.3 Å². The molecule has 0 aliphatic carbocycles. The lowest BCUT2D eigenvalue weighted by atomic mass is 10.2. The Kier molecular flexibility index (Phi) is 5.20. The first-order valence-corrected chi connectivity index (χ1v) is 8.14. The molecule has 0 fully saturated rings. The van der Waals surface area contributed by atoms with E-state index in [9.17, 15) is 10.1 Å². The molecule has 2 aromatic carbocycles. The van der Waals surface area contributed by atoms with Crippen molar-refractivity contribution in [1.29, 1.82) is 5.26 Å². The Balaban J connectivity index is 1.85. The van der Waals surface area contributed by atoms with Gasteiger partial charge in [-0.1, -0.05) is 35.9 Å². The van der Waals surface area contributed by atoms with Crippen LogP contribution in [0, 0.1) is 11.3 Å². The van der Waals surface area contributed by atoms with Crippen LogP contribution in [0.2, 0.25) is 5.02 Å². The van der Waals surface area contributed by atoms with Gasteiger partial charge in [0.25, 0.3) is 5.91 Å². The van der Waals surface area contributed by atoms with Crippen LogP contribution in [0.5, 0.6) is 5.75 Å². The zero-order valence-corrected chi connectivity index (χ0v) is 14.7. The first-order valence-electron chi connectivity index (χ1n) is 7.76. The largest absolute Gasteiger partial charge is 0.496 e. The number of benzene rings is 2.